The van der Waals surface area contributed by atoms with Gasteiger partial charge in [0.1, 0.15) is 0 Å². The van der Waals surface area contributed by atoms with E-state index in [0.717, 1.165) is 13.1 Å². The van der Waals surface area contributed by atoms with E-state index >= 15 is 0 Å². The summed E-state index contributed by atoms with van der Waals surface area (Å²) in [6.45, 7) is 11.3. The molecule has 1 N–H and O–H groups in total. The molecule has 0 aromatic heterocycles. The minimum absolute atomic E-state index is 0.553. The Labute approximate surface area is 140 Å². The predicted octanol–water partition coefficient (Wildman–Crippen LogP) is 2.38. The van der Waals surface area contributed by atoms with Gasteiger partial charge in [-0.25, -0.2) is 0 Å². The normalized spacial score (nSPS) is 20.5. The third kappa shape index (κ3) is 16.0. The fourth-order valence-corrected chi connectivity index (χ4v) is 2.12. The second-order valence-electron chi connectivity index (χ2n) is 6.52. The van der Waals surface area contributed by atoms with E-state index in [9.17, 15) is 0 Å². The van der Waals surface area contributed by atoms with E-state index in [1.54, 1.807) is 0 Å². The fourth-order valence-electron chi connectivity index (χ4n) is 2.12. The molecule has 1 aliphatic rings. The third-order valence-electron chi connectivity index (χ3n) is 3.35. The van der Waals surface area contributed by atoms with E-state index < -0.39 is 0 Å². The molecule has 134 valence electrons. The molecule has 1 fully saturated rings. The van der Waals surface area contributed by atoms with Crippen molar-refractivity contribution >= 4 is 0 Å². The molecular weight excluding hydrogens is 272 g/mol. The fraction of sp³-hybridized carbons (Fsp3) is 0.889. The molecule has 0 bridgehead atoms. The van der Waals surface area contributed by atoms with Crippen molar-refractivity contribution in [1.29, 1.82) is 0 Å². The zero-order valence-electron chi connectivity index (χ0n) is 16.5. The molecule has 4 nitrogen and oxygen atoms in total. The summed E-state index contributed by atoms with van der Waals surface area (Å²) in [5.74, 6) is 0. The van der Waals surface area contributed by atoms with Gasteiger partial charge in [-0.2, -0.15) is 0 Å². The summed E-state index contributed by atoms with van der Waals surface area (Å²) in [6, 6.07) is 1.25. The Hall–Kier alpha value is -0.420. The second-order valence-corrected chi connectivity index (χ2v) is 6.52. The molecule has 0 spiro atoms. The van der Waals surface area contributed by atoms with E-state index in [4.69, 9.17) is 0 Å². The Kier molecular flexibility index (Phi) is 16.8. The minimum atomic E-state index is 0.553. The van der Waals surface area contributed by atoms with Crippen molar-refractivity contribution in [2.24, 2.45) is 0 Å². The molecule has 0 aromatic rings. The summed E-state index contributed by atoms with van der Waals surface area (Å²) in [4.78, 5) is 6.65. The van der Waals surface area contributed by atoms with Crippen LogP contribution < -0.4 is 5.32 Å². The highest BCUT2D eigenvalue weighted by Gasteiger charge is 2.20. The molecule has 2 atom stereocenters. The van der Waals surface area contributed by atoms with Gasteiger partial charge in [0.05, 0.1) is 0 Å². The smallest absolute Gasteiger partial charge is 0.0250 e. The molecule has 1 saturated heterocycles. The SMILES string of the molecule is C=CC1CCC(CCN(C)CCN(C)C)N1.CC.CN(C)C. The van der Waals surface area contributed by atoms with Crippen LogP contribution in [0, 0.1) is 0 Å². The quantitative estimate of drug-likeness (QED) is 0.728. The van der Waals surface area contributed by atoms with E-state index in [1.165, 1.54) is 25.8 Å². The molecular formula is C18H42N4. The van der Waals surface area contributed by atoms with Gasteiger partial charge in [0.15, 0.2) is 0 Å². The predicted molar refractivity (Wildman–Crippen MR) is 102 cm³/mol. The Bertz CT molecular complexity index is 238. The van der Waals surface area contributed by atoms with Crippen molar-refractivity contribution < 1.29 is 0 Å². The number of likely N-dealkylation sites (N-methyl/N-ethyl adjacent to an activating group) is 2. The van der Waals surface area contributed by atoms with Gasteiger partial charge < -0.3 is 20.0 Å². The van der Waals surface area contributed by atoms with Crippen LogP contribution in [0.3, 0.4) is 0 Å². The largest absolute Gasteiger partial charge is 0.312 e. The first kappa shape index (κ1) is 23.8. The van der Waals surface area contributed by atoms with Gasteiger partial charge in [-0.3, -0.25) is 0 Å². The zero-order chi connectivity index (χ0) is 17.5. The lowest BCUT2D eigenvalue weighted by molar-refractivity contribution is 0.270. The standard InChI is InChI=1S/C13H27N3.C3H9N.C2H6/c1-5-12-6-7-13(14-12)8-9-16(4)11-10-15(2)3;1-4(2)3;1-2/h5,12-14H,1,6-11H2,2-4H3;1-3H3;1-2H3. The molecule has 1 heterocycles. The van der Waals surface area contributed by atoms with Crippen molar-refractivity contribution in [2.75, 3.05) is 61.9 Å². The van der Waals surface area contributed by atoms with Gasteiger partial charge in [0.25, 0.3) is 0 Å². The van der Waals surface area contributed by atoms with Crippen LogP contribution >= 0.6 is 0 Å². The third-order valence-corrected chi connectivity index (χ3v) is 3.35. The van der Waals surface area contributed by atoms with Crippen molar-refractivity contribution in [3.63, 3.8) is 0 Å². The number of hydrogen-bond donors (Lipinski definition) is 1. The molecule has 4 heteroatoms. The molecule has 0 radical (unpaired) electrons. The van der Waals surface area contributed by atoms with Gasteiger partial charge in [-0.15, -0.1) is 6.58 Å². The Morgan fingerprint density at radius 1 is 0.955 bits per heavy atom. The average Bonchev–Trinajstić information content (AvgIpc) is 2.92. The number of hydrogen-bond acceptors (Lipinski definition) is 4. The maximum absolute atomic E-state index is 3.84. The summed E-state index contributed by atoms with van der Waals surface area (Å²) < 4.78 is 0. The van der Waals surface area contributed by atoms with Crippen LogP contribution in [0.2, 0.25) is 0 Å². The van der Waals surface area contributed by atoms with Crippen LogP contribution in [0.15, 0.2) is 12.7 Å². The molecule has 1 aliphatic heterocycles. The lowest BCUT2D eigenvalue weighted by Crippen LogP contribution is -2.34. The highest BCUT2D eigenvalue weighted by Crippen LogP contribution is 2.15. The van der Waals surface area contributed by atoms with E-state index in [-0.39, 0.29) is 0 Å². The van der Waals surface area contributed by atoms with Crippen molar-refractivity contribution in [1.82, 2.24) is 20.0 Å². The van der Waals surface area contributed by atoms with Gasteiger partial charge in [0, 0.05) is 25.2 Å². The summed E-state index contributed by atoms with van der Waals surface area (Å²) in [6.07, 6.45) is 5.86. The van der Waals surface area contributed by atoms with Crippen molar-refractivity contribution in [2.45, 2.75) is 45.2 Å². The van der Waals surface area contributed by atoms with Crippen LogP contribution in [0.4, 0.5) is 0 Å². The highest BCUT2D eigenvalue weighted by atomic mass is 15.1. The van der Waals surface area contributed by atoms with Crippen LogP contribution in [0.5, 0.6) is 0 Å². The number of nitrogens with zero attached hydrogens (tertiary/aromatic N) is 3. The van der Waals surface area contributed by atoms with E-state index in [2.05, 4.69) is 42.8 Å². The monoisotopic (exact) mass is 314 g/mol. The first-order valence-corrected chi connectivity index (χ1v) is 8.68. The van der Waals surface area contributed by atoms with Gasteiger partial charge >= 0.3 is 0 Å². The zero-order valence-corrected chi connectivity index (χ0v) is 16.5. The molecule has 0 amide bonds. The summed E-state index contributed by atoms with van der Waals surface area (Å²) >= 11 is 0. The van der Waals surface area contributed by atoms with Crippen LogP contribution in [-0.2, 0) is 0 Å². The lowest BCUT2D eigenvalue weighted by Gasteiger charge is -2.21. The molecule has 22 heavy (non-hydrogen) atoms. The Morgan fingerprint density at radius 3 is 1.91 bits per heavy atom. The average molecular weight is 315 g/mol. The molecule has 0 aliphatic carbocycles. The van der Waals surface area contributed by atoms with Crippen LogP contribution in [0.1, 0.15) is 33.1 Å². The summed E-state index contributed by atoms with van der Waals surface area (Å²) in [7, 11) is 12.5. The Morgan fingerprint density at radius 2 is 1.50 bits per heavy atom. The Balaban J connectivity index is 0. The van der Waals surface area contributed by atoms with Crippen molar-refractivity contribution in [3.8, 4) is 0 Å². The van der Waals surface area contributed by atoms with Gasteiger partial charge in [-0.1, -0.05) is 19.9 Å². The topological polar surface area (TPSA) is 21.8 Å². The van der Waals surface area contributed by atoms with Crippen LogP contribution in [-0.4, -0.2) is 88.7 Å². The highest BCUT2D eigenvalue weighted by molar-refractivity contribution is 4.94. The lowest BCUT2D eigenvalue weighted by atomic mass is 10.1. The maximum Gasteiger partial charge on any atom is 0.0250 e. The minimum Gasteiger partial charge on any atom is -0.312 e. The maximum atomic E-state index is 3.84. The number of nitrogens with one attached hydrogen (secondary N) is 1. The molecule has 0 saturated carbocycles. The second kappa shape index (κ2) is 15.5. The first-order valence-electron chi connectivity index (χ1n) is 8.68. The summed E-state index contributed by atoms with van der Waals surface area (Å²) in [5.41, 5.74) is 0. The molecule has 1 rings (SSSR count). The van der Waals surface area contributed by atoms with Gasteiger partial charge in [0.2, 0.25) is 0 Å². The van der Waals surface area contributed by atoms with E-state index in [0.29, 0.717) is 12.1 Å². The van der Waals surface area contributed by atoms with Gasteiger partial charge in [-0.05, 0) is 68.1 Å². The molecule has 0 aromatic carbocycles. The van der Waals surface area contributed by atoms with Crippen LogP contribution in [0.25, 0.3) is 0 Å². The number of rotatable bonds is 7. The summed E-state index contributed by atoms with van der Waals surface area (Å²) in [5, 5.41) is 3.61. The first-order chi connectivity index (χ1) is 10.3. The van der Waals surface area contributed by atoms with Crippen molar-refractivity contribution in [3.05, 3.63) is 12.7 Å². The van der Waals surface area contributed by atoms with E-state index in [1.807, 2.05) is 46.0 Å². The molecule has 2 unspecified atom stereocenters.